The molecule has 2 rings (SSSR count). The molecule has 1 heterocycles. The molecule has 1 aromatic heterocycles. The SMILES string of the molecule is CC(C)(C)c1ccc(-c2nc(Cl)c(C(=O)O)c(Cl)n2)cc1. The van der Waals surface area contributed by atoms with E-state index in [4.69, 9.17) is 28.3 Å². The van der Waals surface area contributed by atoms with E-state index in [-0.39, 0.29) is 21.3 Å². The van der Waals surface area contributed by atoms with Gasteiger partial charge in [-0.3, -0.25) is 0 Å². The molecule has 0 aliphatic heterocycles. The highest BCUT2D eigenvalue weighted by Crippen LogP contribution is 2.28. The third-order valence-corrected chi connectivity index (χ3v) is 3.59. The summed E-state index contributed by atoms with van der Waals surface area (Å²) >= 11 is 11.7. The molecule has 0 spiro atoms. The van der Waals surface area contributed by atoms with Crippen LogP contribution in [0.25, 0.3) is 11.4 Å². The maximum atomic E-state index is 11.0. The number of carboxylic acid groups (broad SMARTS) is 1. The van der Waals surface area contributed by atoms with E-state index >= 15 is 0 Å². The first kappa shape index (κ1) is 15.7. The molecular weight excluding hydrogens is 311 g/mol. The Morgan fingerprint density at radius 3 is 1.90 bits per heavy atom. The minimum Gasteiger partial charge on any atom is -0.477 e. The summed E-state index contributed by atoms with van der Waals surface area (Å²) in [6.07, 6.45) is 0. The van der Waals surface area contributed by atoms with Crippen LogP contribution in [-0.2, 0) is 5.41 Å². The molecule has 4 nitrogen and oxygen atoms in total. The highest BCUT2D eigenvalue weighted by Gasteiger charge is 2.19. The lowest BCUT2D eigenvalue weighted by Crippen LogP contribution is -2.10. The summed E-state index contributed by atoms with van der Waals surface area (Å²) in [5.74, 6) is -0.949. The van der Waals surface area contributed by atoms with Crippen LogP contribution in [0.5, 0.6) is 0 Å². The Morgan fingerprint density at radius 2 is 1.52 bits per heavy atom. The van der Waals surface area contributed by atoms with Crippen molar-refractivity contribution in [2.75, 3.05) is 0 Å². The van der Waals surface area contributed by atoms with Crippen molar-refractivity contribution in [3.8, 4) is 11.4 Å². The van der Waals surface area contributed by atoms with Crippen LogP contribution in [0.4, 0.5) is 0 Å². The van der Waals surface area contributed by atoms with Crippen LogP contribution in [0.3, 0.4) is 0 Å². The Morgan fingerprint density at radius 1 is 1.05 bits per heavy atom. The predicted molar refractivity (Wildman–Crippen MR) is 83.1 cm³/mol. The molecule has 110 valence electrons. The third-order valence-electron chi connectivity index (χ3n) is 3.04. The van der Waals surface area contributed by atoms with Crippen molar-refractivity contribution in [2.45, 2.75) is 26.2 Å². The Balaban J connectivity index is 2.46. The van der Waals surface area contributed by atoms with Gasteiger partial charge in [0.2, 0.25) is 0 Å². The van der Waals surface area contributed by atoms with E-state index in [1.165, 1.54) is 5.56 Å². The number of rotatable bonds is 2. The average molecular weight is 325 g/mol. The summed E-state index contributed by atoms with van der Waals surface area (Å²) in [7, 11) is 0. The number of nitrogens with zero attached hydrogens (tertiary/aromatic N) is 2. The molecule has 0 aliphatic rings. The lowest BCUT2D eigenvalue weighted by atomic mass is 9.87. The highest BCUT2D eigenvalue weighted by atomic mass is 35.5. The number of benzene rings is 1. The van der Waals surface area contributed by atoms with Crippen LogP contribution >= 0.6 is 23.2 Å². The summed E-state index contributed by atoms with van der Waals surface area (Å²) in [6.45, 7) is 6.36. The minimum absolute atomic E-state index is 0.0435. The van der Waals surface area contributed by atoms with Gasteiger partial charge in [0.15, 0.2) is 5.82 Å². The molecular formula is C15H14Cl2N2O2. The maximum Gasteiger partial charge on any atom is 0.342 e. The molecule has 0 unspecified atom stereocenters. The number of halogens is 2. The number of carbonyl (C=O) groups is 1. The molecule has 21 heavy (non-hydrogen) atoms. The Hall–Kier alpha value is -1.65. The number of aromatic carboxylic acids is 1. The van der Waals surface area contributed by atoms with Crippen LogP contribution < -0.4 is 0 Å². The number of hydrogen-bond acceptors (Lipinski definition) is 3. The summed E-state index contributed by atoms with van der Waals surface area (Å²) in [6, 6.07) is 7.68. The van der Waals surface area contributed by atoms with Crippen LogP contribution in [0, 0.1) is 0 Å². The fraction of sp³-hybridized carbons (Fsp3) is 0.267. The third kappa shape index (κ3) is 3.34. The molecule has 1 N–H and O–H groups in total. The summed E-state index contributed by atoms with van der Waals surface area (Å²) in [5, 5.41) is 8.65. The number of carboxylic acids is 1. The first-order chi connectivity index (χ1) is 9.70. The molecule has 0 radical (unpaired) electrons. The van der Waals surface area contributed by atoms with Gasteiger partial charge in [0.05, 0.1) is 0 Å². The van der Waals surface area contributed by atoms with E-state index in [1.54, 1.807) is 0 Å². The fourth-order valence-electron chi connectivity index (χ4n) is 1.83. The Bertz CT molecular complexity index is 669. The molecule has 1 aromatic carbocycles. The van der Waals surface area contributed by atoms with E-state index in [1.807, 2.05) is 24.3 Å². The second-order valence-corrected chi connectivity index (χ2v) is 6.35. The average Bonchev–Trinajstić information content (AvgIpc) is 2.36. The van der Waals surface area contributed by atoms with E-state index in [9.17, 15) is 4.79 Å². The molecule has 0 fully saturated rings. The smallest absolute Gasteiger partial charge is 0.342 e. The van der Waals surface area contributed by atoms with Gasteiger partial charge >= 0.3 is 5.97 Å². The van der Waals surface area contributed by atoms with Crippen molar-refractivity contribution in [1.29, 1.82) is 0 Å². The van der Waals surface area contributed by atoms with Crippen molar-refractivity contribution >= 4 is 29.2 Å². The van der Waals surface area contributed by atoms with E-state index in [0.717, 1.165) is 5.56 Å². The van der Waals surface area contributed by atoms with Crippen molar-refractivity contribution in [3.05, 3.63) is 45.7 Å². The largest absolute Gasteiger partial charge is 0.477 e. The van der Waals surface area contributed by atoms with Gasteiger partial charge in [0.25, 0.3) is 0 Å². The normalized spacial score (nSPS) is 11.5. The monoisotopic (exact) mass is 324 g/mol. The van der Waals surface area contributed by atoms with Gasteiger partial charge in [-0.15, -0.1) is 0 Å². The van der Waals surface area contributed by atoms with Gasteiger partial charge in [-0.25, -0.2) is 14.8 Å². The van der Waals surface area contributed by atoms with Crippen molar-refractivity contribution < 1.29 is 9.90 Å². The van der Waals surface area contributed by atoms with Gasteiger partial charge in [-0.05, 0) is 11.0 Å². The van der Waals surface area contributed by atoms with Crippen LogP contribution in [-0.4, -0.2) is 21.0 Å². The lowest BCUT2D eigenvalue weighted by molar-refractivity contribution is 0.0696. The lowest BCUT2D eigenvalue weighted by Gasteiger charge is -2.19. The molecule has 0 saturated heterocycles. The first-order valence-electron chi connectivity index (χ1n) is 6.27. The molecule has 0 atom stereocenters. The summed E-state index contributed by atoms with van der Waals surface area (Å²) in [4.78, 5) is 19.0. The summed E-state index contributed by atoms with van der Waals surface area (Å²) in [5.41, 5.74) is 1.66. The van der Waals surface area contributed by atoms with E-state index in [2.05, 4.69) is 30.7 Å². The summed E-state index contributed by atoms with van der Waals surface area (Å²) < 4.78 is 0. The number of aromatic nitrogens is 2. The van der Waals surface area contributed by atoms with Gasteiger partial charge in [-0.1, -0.05) is 68.2 Å². The zero-order valence-corrected chi connectivity index (χ0v) is 13.3. The quantitative estimate of drug-likeness (QED) is 0.829. The molecule has 2 aromatic rings. The zero-order valence-electron chi connectivity index (χ0n) is 11.8. The second-order valence-electron chi connectivity index (χ2n) is 5.64. The number of hydrogen-bond donors (Lipinski definition) is 1. The highest BCUT2D eigenvalue weighted by molar-refractivity contribution is 6.37. The first-order valence-corrected chi connectivity index (χ1v) is 7.03. The zero-order chi connectivity index (χ0) is 15.8. The topological polar surface area (TPSA) is 63.1 Å². The van der Waals surface area contributed by atoms with Gasteiger partial charge in [-0.2, -0.15) is 0 Å². The van der Waals surface area contributed by atoms with Gasteiger partial charge in [0.1, 0.15) is 15.9 Å². The molecule has 0 amide bonds. The van der Waals surface area contributed by atoms with E-state index in [0.29, 0.717) is 5.82 Å². The van der Waals surface area contributed by atoms with Crippen LogP contribution in [0.1, 0.15) is 36.7 Å². The Kier molecular flexibility index (Phi) is 4.21. The van der Waals surface area contributed by atoms with Crippen molar-refractivity contribution in [2.24, 2.45) is 0 Å². The minimum atomic E-state index is -1.25. The molecule has 0 aliphatic carbocycles. The molecule has 0 saturated carbocycles. The second kappa shape index (κ2) is 5.62. The maximum absolute atomic E-state index is 11.0. The van der Waals surface area contributed by atoms with Crippen LogP contribution in [0.2, 0.25) is 10.3 Å². The van der Waals surface area contributed by atoms with Crippen molar-refractivity contribution in [3.63, 3.8) is 0 Å². The molecule has 6 heteroatoms. The fourth-order valence-corrected chi connectivity index (χ4v) is 2.38. The predicted octanol–water partition coefficient (Wildman–Crippen LogP) is 4.45. The van der Waals surface area contributed by atoms with Crippen molar-refractivity contribution in [1.82, 2.24) is 9.97 Å². The Labute approximate surface area is 132 Å². The van der Waals surface area contributed by atoms with Crippen LogP contribution in [0.15, 0.2) is 24.3 Å². The van der Waals surface area contributed by atoms with E-state index < -0.39 is 5.97 Å². The van der Waals surface area contributed by atoms with Gasteiger partial charge < -0.3 is 5.11 Å². The van der Waals surface area contributed by atoms with Gasteiger partial charge in [0, 0.05) is 5.56 Å². The molecule has 0 bridgehead atoms. The standard InChI is InChI=1S/C15H14Cl2N2O2/c1-15(2,3)9-6-4-8(5-7-9)13-18-11(16)10(14(20)21)12(17)19-13/h4-7H,1-3H3,(H,20,21).